The Morgan fingerprint density at radius 2 is 2.00 bits per heavy atom. The zero-order chi connectivity index (χ0) is 18.4. The molecule has 1 aliphatic heterocycles. The Labute approximate surface area is 150 Å². The van der Waals surface area contributed by atoms with Crippen LogP contribution < -0.4 is 15.4 Å². The summed E-state index contributed by atoms with van der Waals surface area (Å²) < 4.78 is 5.53. The fraction of sp³-hybridized carbons (Fsp3) is 0.200. The molecule has 0 radical (unpaired) electrons. The number of benzene rings is 2. The third-order valence-electron chi connectivity index (χ3n) is 4.76. The molecular formula is C20H19N3O3. The lowest BCUT2D eigenvalue weighted by Crippen LogP contribution is -2.34. The van der Waals surface area contributed by atoms with Gasteiger partial charge in [-0.25, -0.2) is 0 Å². The van der Waals surface area contributed by atoms with Gasteiger partial charge in [-0.15, -0.1) is 0 Å². The van der Waals surface area contributed by atoms with Crippen LogP contribution in [-0.4, -0.2) is 22.9 Å². The highest BCUT2D eigenvalue weighted by Gasteiger charge is 2.24. The summed E-state index contributed by atoms with van der Waals surface area (Å²) >= 11 is 0. The van der Waals surface area contributed by atoms with Gasteiger partial charge in [-0.3, -0.25) is 9.59 Å². The molecule has 26 heavy (non-hydrogen) atoms. The summed E-state index contributed by atoms with van der Waals surface area (Å²) in [6.07, 6.45) is -0.528. The van der Waals surface area contributed by atoms with Gasteiger partial charge in [0.1, 0.15) is 5.75 Å². The molecule has 0 bridgehead atoms. The molecule has 0 fully saturated rings. The number of aromatic nitrogens is 1. The number of para-hydroxylation sites is 1. The SMILES string of the molecule is Cc1[nH]c2c(C(=O)Nc3ccc4c(c3)NC(=O)C(C)O4)cccc2c1C. The molecule has 1 aromatic heterocycles. The first-order chi connectivity index (χ1) is 12.4. The number of H-pyrrole nitrogens is 1. The fourth-order valence-corrected chi connectivity index (χ4v) is 3.16. The van der Waals surface area contributed by atoms with Crippen LogP contribution in [0.25, 0.3) is 10.9 Å². The number of anilines is 2. The molecule has 6 nitrogen and oxygen atoms in total. The Morgan fingerprint density at radius 1 is 1.19 bits per heavy atom. The molecule has 2 aromatic carbocycles. The summed E-state index contributed by atoms with van der Waals surface area (Å²) in [5.41, 5.74) is 4.72. The molecular weight excluding hydrogens is 330 g/mol. The van der Waals surface area contributed by atoms with Gasteiger partial charge in [-0.2, -0.15) is 0 Å². The van der Waals surface area contributed by atoms with Crippen molar-refractivity contribution in [2.24, 2.45) is 0 Å². The normalized spacial score (nSPS) is 16.0. The van der Waals surface area contributed by atoms with E-state index in [2.05, 4.69) is 15.6 Å². The summed E-state index contributed by atoms with van der Waals surface area (Å²) in [6.45, 7) is 5.71. The van der Waals surface area contributed by atoms with Gasteiger partial charge in [-0.05, 0) is 50.6 Å². The monoisotopic (exact) mass is 349 g/mol. The molecule has 0 aliphatic carbocycles. The molecule has 6 heteroatoms. The van der Waals surface area contributed by atoms with Crippen molar-refractivity contribution in [3.63, 3.8) is 0 Å². The van der Waals surface area contributed by atoms with Gasteiger partial charge in [-0.1, -0.05) is 12.1 Å². The van der Waals surface area contributed by atoms with Gasteiger partial charge in [0.2, 0.25) is 0 Å². The number of fused-ring (bicyclic) bond motifs is 2. The van der Waals surface area contributed by atoms with E-state index in [1.165, 1.54) is 0 Å². The zero-order valence-electron chi connectivity index (χ0n) is 14.8. The summed E-state index contributed by atoms with van der Waals surface area (Å²) in [7, 11) is 0. The van der Waals surface area contributed by atoms with Crippen LogP contribution in [0.2, 0.25) is 0 Å². The van der Waals surface area contributed by atoms with E-state index in [-0.39, 0.29) is 11.8 Å². The average Bonchev–Trinajstić information content (AvgIpc) is 2.91. The molecule has 1 atom stereocenters. The number of aryl methyl sites for hydroxylation is 2. The number of carbonyl (C=O) groups is 2. The molecule has 1 unspecified atom stereocenters. The number of carbonyl (C=O) groups excluding carboxylic acids is 2. The number of amides is 2. The molecule has 2 amide bonds. The molecule has 1 aliphatic rings. The second kappa shape index (κ2) is 5.91. The average molecular weight is 349 g/mol. The largest absolute Gasteiger partial charge is 0.479 e. The second-order valence-electron chi connectivity index (χ2n) is 6.52. The molecule has 0 saturated carbocycles. The highest BCUT2D eigenvalue weighted by molar-refractivity contribution is 6.13. The van der Waals surface area contributed by atoms with Gasteiger partial charge in [0.05, 0.1) is 16.8 Å². The van der Waals surface area contributed by atoms with Crippen LogP contribution in [-0.2, 0) is 4.79 Å². The number of ether oxygens (including phenoxy) is 1. The van der Waals surface area contributed by atoms with Crippen molar-refractivity contribution >= 4 is 34.1 Å². The number of rotatable bonds is 2. The lowest BCUT2D eigenvalue weighted by Gasteiger charge is -2.23. The lowest BCUT2D eigenvalue weighted by molar-refractivity contribution is -0.122. The van der Waals surface area contributed by atoms with E-state index in [0.29, 0.717) is 22.7 Å². The van der Waals surface area contributed by atoms with Crippen LogP contribution in [0.1, 0.15) is 28.5 Å². The van der Waals surface area contributed by atoms with Crippen LogP contribution >= 0.6 is 0 Å². The predicted octanol–water partition coefficient (Wildman–Crippen LogP) is 3.76. The van der Waals surface area contributed by atoms with Crippen LogP contribution in [0.3, 0.4) is 0 Å². The summed E-state index contributed by atoms with van der Waals surface area (Å²) in [4.78, 5) is 27.8. The first-order valence-corrected chi connectivity index (χ1v) is 8.45. The molecule has 0 spiro atoms. The van der Waals surface area contributed by atoms with E-state index >= 15 is 0 Å². The van der Waals surface area contributed by atoms with Gasteiger partial charge in [0.15, 0.2) is 6.10 Å². The fourth-order valence-electron chi connectivity index (χ4n) is 3.16. The number of hydrogen-bond donors (Lipinski definition) is 3. The van der Waals surface area contributed by atoms with Gasteiger partial charge < -0.3 is 20.4 Å². The highest BCUT2D eigenvalue weighted by atomic mass is 16.5. The van der Waals surface area contributed by atoms with Crippen molar-refractivity contribution in [3.05, 3.63) is 53.2 Å². The maximum atomic E-state index is 12.8. The van der Waals surface area contributed by atoms with Crippen molar-refractivity contribution in [1.29, 1.82) is 0 Å². The third kappa shape index (κ3) is 2.60. The number of hydrogen-bond acceptors (Lipinski definition) is 3. The minimum Gasteiger partial charge on any atom is -0.479 e. The standard InChI is InChI=1S/C20H19N3O3/c1-10-11(2)21-18-14(10)5-4-6-15(18)20(25)22-13-7-8-17-16(9-13)23-19(24)12(3)26-17/h4-9,12,21H,1-3H3,(H,22,25)(H,23,24). The van der Waals surface area contributed by atoms with E-state index < -0.39 is 6.10 Å². The molecule has 3 N–H and O–H groups in total. The maximum Gasteiger partial charge on any atom is 0.265 e. The van der Waals surface area contributed by atoms with Crippen LogP contribution in [0.4, 0.5) is 11.4 Å². The Balaban J connectivity index is 1.64. The lowest BCUT2D eigenvalue weighted by atomic mass is 10.1. The third-order valence-corrected chi connectivity index (χ3v) is 4.76. The highest BCUT2D eigenvalue weighted by Crippen LogP contribution is 2.32. The smallest absolute Gasteiger partial charge is 0.265 e. The van der Waals surface area contributed by atoms with E-state index in [4.69, 9.17) is 4.74 Å². The van der Waals surface area contributed by atoms with E-state index in [1.54, 1.807) is 31.2 Å². The maximum absolute atomic E-state index is 12.8. The van der Waals surface area contributed by atoms with E-state index in [1.807, 2.05) is 26.0 Å². The van der Waals surface area contributed by atoms with Gasteiger partial charge in [0.25, 0.3) is 11.8 Å². The van der Waals surface area contributed by atoms with E-state index in [0.717, 1.165) is 22.2 Å². The van der Waals surface area contributed by atoms with Crippen LogP contribution in [0, 0.1) is 13.8 Å². The van der Waals surface area contributed by atoms with Gasteiger partial charge in [0, 0.05) is 16.8 Å². The molecule has 132 valence electrons. The minimum absolute atomic E-state index is 0.205. The van der Waals surface area contributed by atoms with Crippen molar-refractivity contribution in [2.45, 2.75) is 26.9 Å². The topological polar surface area (TPSA) is 83.2 Å². The molecule has 3 aromatic rings. The van der Waals surface area contributed by atoms with E-state index in [9.17, 15) is 9.59 Å². The Hall–Kier alpha value is -3.28. The van der Waals surface area contributed by atoms with Crippen molar-refractivity contribution in [3.8, 4) is 5.75 Å². The number of nitrogens with one attached hydrogen (secondary N) is 3. The number of aromatic amines is 1. The summed E-state index contributed by atoms with van der Waals surface area (Å²) in [5.74, 6) is 0.170. The van der Waals surface area contributed by atoms with Crippen LogP contribution in [0.15, 0.2) is 36.4 Å². The van der Waals surface area contributed by atoms with Crippen molar-refractivity contribution in [2.75, 3.05) is 10.6 Å². The Kier molecular flexibility index (Phi) is 3.68. The molecule has 0 saturated heterocycles. The second-order valence-corrected chi connectivity index (χ2v) is 6.52. The van der Waals surface area contributed by atoms with Crippen LogP contribution in [0.5, 0.6) is 5.75 Å². The van der Waals surface area contributed by atoms with Crippen molar-refractivity contribution in [1.82, 2.24) is 4.98 Å². The summed E-state index contributed by atoms with van der Waals surface area (Å²) in [6, 6.07) is 10.9. The Morgan fingerprint density at radius 3 is 2.81 bits per heavy atom. The first-order valence-electron chi connectivity index (χ1n) is 8.45. The van der Waals surface area contributed by atoms with Crippen molar-refractivity contribution < 1.29 is 14.3 Å². The predicted molar refractivity (Wildman–Crippen MR) is 101 cm³/mol. The zero-order valence-corrected chi connectivity index (χ0v) is 14.8. The van der Waals surface area contributed by atoms with Gasteiger partial charge >= 0.3 is 0 Å². The molecule has 4 rings (SSSR count). The molecule has 2 heterocycles. The first kappa shape index (κ1) is 16.2. The minimum atomic E-state index is -0.528. The Bertz CT molecular complexity index is 1050. The quantitative estimate of drug-likeness (QED) is 0.659. The summed E-state index contributed by atoms with van der Waals surface area (Å²) in [5, 5.41) is 6.71.